The first-order chi connectivity index (χ1) is 4.84. The van der Waals surface area contributed by atoms with Gasteiger partial charge >= 0.3 is 0 Å². The average molecular weight is 138 g/mol. The molecule has 2 nitrogen and oxygen atoms in total. The Morgan fingerprint density at radius 1 is 1.40 bits per heavy atom. The van der Waals surface area contributed by atoms with Crippen molar-refractivity contribution in [2.45, 2.75) is 25.7 Å². The lowest BCUT2D eigenvalue weighted by molar-refractivity contribution is -0.128. The highest BCUT2D eigenvalue weighted by atomic mass is 16.2. The summed E-state index contributed by atoms with van der Waals surface area (Å²) >= 11 is 0. The summed E-state index contributed by atoms with van der Waals surface area (Å²) < 4.78 is 0. The van der Waals surface area contributed by atoms with Crippen LogP contribution in [0.3, 0.4) is 0 Å². The van der Waals surface area contributed by atoms with Gasteiger partial charge in [-0.25, -0.2) is 0 Å². The van der Waals surface area contributed by atoms with Crippen LogP contribution in [0.4, 0.5) is 0 Å². The minimum absolute atomic E-state index is 0.167. The van der Waals surface area contributed by atoms with Crippen molar-refractivity contribution in [3.63, 3.8) is 0 Å². The molecule has 1 amide bonds. The maximum atomic E-state index is 11.1. The van der Waals surface area contributed by atoms with Crippen molar-refractivity contribution in [2.75, 3.05) is 6.54 Å². The number of rotatable bonds is 1. The molecule has 0 aliphatic carbocycles. The molecule has 1 aliphatic rings. The van der Waals surface area contributed by atoms with E-state index in [1.165, 1.54) is 6.20 Å². The van der Waals surface area contributed by atoms with E-state index in [-0.39, 0.29) is 5.91 Å². The molecule has 0 aromatic rings. The number of hydrogen-bond acceptors (Lipinski definition) is 1. The topological polar surface area (TPSA) is 20.3 Å². The molecule has 2 heteroatoms. The molecular weight excluding hydrogens is 126 g/mol. The molecule has 0 atom stereocenters. The lowest BCUT2D eigenvalue weighted by Crippen LogP contribution is -2.23. The summed E-state index contributed by atoms with van der Waals surface area (Å²) in [4.78, 5) is 12.7. The molecule has 0 N–H and O–H groups in total. The number of carbonyl (C=O) groups is 1. The first-order valence-corrected chi connectivity index (χ1v) is 3.69. The largest absolute Gasteiger partial charge is 0.319 e. The monoisotopic (exact) mass is 138 g/mol. The Bertz CT molecular complexity index is 142. The van der Waals surface area contributed by atoms with E-state index >= 15 is 0 Å². The second kappa shape index (κ2) is 3.40. The van der Waals surface area contributed by atoms with Gasteiger partial charge in [0.1, 0.15) is 0 Å². The van der Waals surface area contributed by atoms with Crippen LogP contribution in [0.15, 0.2) is 6.20 Å². The predicted octanol–water partition coefficient (Wildman–Crippen LogP) is 1.34. The van der Waals surface area contributed by atoms with Crippen molar-refractivity contribution in [3.05, 3.63) is 12.8 Å². The van der Waals surface area contributed by atoms with Crippen molar-refractivity contribution in [1.29, 1.82) is 0 Å². The van der Waals surface area contributed by atoms with Crippen LogP contribution in [0.25, 0.3) is 0 Å². The third kappa shape index (κ3) is 1.59. The molecule has 0 spiro atoms. The summed E-state index contributed by atoms with van der Waals surface area (Å²) in [6, 6.07) is 0. The maximum Gasteiger partial charge on any atom is 0.226 e. The van der Waals surface area contributed by atoms with Gasteiger partial charge in [-0.3, -0.25) is 4.79 Å². The van der Waals surface area contributed by atoms with Gasteiger partial charge < -0.3 is 4.90 Å². The Labute approximate surface area is 61.5 Å². The van der Waals surface area contributed by atoms with Crippen LogP contribution in [0.5, 0.6) is 0 Å². The minimum Gasteiger partial charge on any atom is -0.319 e. The van der Waals surface area contributed by atoms with Crippen LogP contribution >= 0.6 is 0 Å². The molecular formula is C8H12NO. The fraction of sp³-hybridized carbons (Fsp3) is 0.625. The predicted molar refractivity (Wildman–Crippen MR) is 39.1 cm³/mol. The molecule has 1 rings (SSSR count). The van der Waals surface area contributed by atoms with Gasteiger partial charge in [0.15, 0.2) is 0 Å². The third-order valence-corrected chi connectivity index (χ3v) is 1.79. The standard InChI is InChI=1S/C8H12NO/c1-2-9-7-5-3-4-6-8(9)10/h1-2H,3-7H2. The summed E-state index contributed by atoms with van der Waals surface area (Å²) in [5, 5.41) is 0. The number of amides is 1. The second-order valence-corrected chi connectivity index (χ2v) is 2.55. The van der Waals surface area contributed by atoms with Crippen LogP contribution in [0.1, 0.15) is 25.7 Å². The van der Waals surface area contributed by atoms with E-state index in [4.69, 9.17) is 6.58 Å². The zero-order valence-electron chi connectivity index (χ0n) is 6.05. The van der Waals surface area contributed by atoms with E-state index in [2.05, 4.69) is 0 Å². The Balaban J connectivity index is 2.51. The normalized spacial score (nSPS) is 20.4. The van der Waals surface area contributed by atoms with Gasteiger partial charge in [-0.2, -0.15) is 0 Å². The highest BCUT2D eigenvalue weighted by molar-refractivity contribution is 5.77. The summed E-state index contributed by atoms with van der Waals surface area (Å²) in [5.74, 6) is 0.167. The Morgan fingerprint density at radius 3 is 2.90 bits per heavy atom. The van der Waals surface area contributed by atoms with E-state index in [0.29, 0.717) is 6.42 Å². The van der Waals surface area contributed by atoms with E-state index in [1.807, 2.05) is 0 Å². The quantitative estimate of drug-likeness (QED) is 0.535. The Kier molecular flexibility index (Phi) is 2.49. The fourth-order valence-corrected chi connectivity index (χ4v) is 1.16. The van der Waals surface area contributed by atoms with Gasteiger partial charge in [-0.1, -0.05) is 6.42 Å². The van der Waals surface area contributed by atoms with E-state index in [9.17, 15) is 4.79 Å². The highest BCUT2D eigenvalue weighted by Crippen LogP contribution is 2.10. The molecule has 55 valence electrons. The molecule has 0 unspecified atom stereocenters. The van der Waals surface area contributed by atoms with Crippen molar-refractivity contribution in [2.24, 2.45) is 0 Å². The molecule has 0 aromatic heterocycles. The van der Waals surface area contributed by atoms with Crippen molar-refractivity contribution >= 4 is 5.91 Å². The van der Waals surface area contributed by atoms with Crippen LogP contribution in [-0.4, -0.2) is 17.4 Å². The maximum absolute atomic E-state index is 11.1. The number of hydrogen-bond donors (Lipinski definition) is 0. The molecule has 1 heterocycles. The second-order valence-electron chi connectivity index (χ2n) is 2.55. The Hall–Kier alpha value is -0.790. The van der Waals surface area contributed by atoms with Crippen LogP contribution in [-0.2, 0) is 4.79 Å². The molecule has 1 aliphatic heterocycles. The molecule has 1 saturated heterocycles. The SMILES string of the molecule is [CH]=CN1CCCCCC1=O. The minimum atomic E-state index is 0.167. The summed E-state index contributed by atoms with van der Waals surface area (Å²) in [7, 11) is 0. The first kappa shape index (κ1) is 7.32. The van der Waals surface area contributed by atoms with E-state index in [1.54, 1.807) is 4.90 Å². The molecule has 0 bridgehead atoms. The number of carbonyl (C=O) groups excluding carboxylic acids is 1. The van der Waals surface area contributed by atoms with Crippen LogP contribution in [0, 0.1) is 6.58 Å². The number of nitrogens with zero attached hydrogens (tertiary/aromatic N) is 1. The van der Waals surface area contributed by atoms with Gasteiger partial charge in [-0.15, -0.1) is 0 Å². The lowest BCUT2D eigenvalue weighted by Gasteiger charge is -2.13. The van der Waals surface area contributed by atoms with Crippen LogP contribution < -0.4 is 0 Å². The average Bonchev–Trinajstić information content (AvgIpc) is 2.13. The van der Waals surface area contributed by atoms with Gasteiger partial charge in [0.05, 0.1) is 0 Å². The van der Waals surface area contributed by atoms with Crippen molar-refractivity contribution < 1.29 is 4.79 Å². The summed E-state index contributed by atoms with van der Waals surface area (Å²) in [6.45, 7) is 6.04. The number of likely N-dealkylation sites (tertiary alicyclic amines) is 1. The molecule has 1 radical (unpaired) electrons. The zero-order chi connectivity index (χ0) is 7.40. The van der Waals surface area contributed by atoms with Crippen LogP contribution in [0.2, 0.25) is 0 Å². The fourth-order valence-electron chi connectivity index (χ4n) is 1.16. The van der Waals surface area contributed by atoms with Gasteiger partial charge in [0.2, 0.25) is 5.91 Å². The first-order valence-electron chi connectivity index (χ1n) is 3.69. The van der Waals surface area contributed by atoms with Gasteiger partial charge in [0.25, 0.3) is 0 Å². The molecule has 10 heavy (non-hydrogen) atoms. The molecule has 1 fully saturated rings. The summed E-state index contributed by atoms with van der Waals surface area (Å²) in [5.41, 5.74) is 0. The zero-order valence-corrected chi connectivity index (χ0v) is 6.05. The van der Waals surface area contributed by atoms with E-state index in [0.717, 1.165) is 25.8 Å². The molecule has 0 aromatic carbocycles. The van der Waals surface area contributed by atoms with Crippen molar-refractivity contribution in [1.82, 2.24) is 4.90 Å². The Morgan fingerprint density at radius 2 is 2.20 bits per heavy atom. The third-order valence-electron chi connectivity index (χ3n) is 1.79. The summed E-state index contributed by atoms with van der Waals surface area (Å²) in [6.07, 6.45) is 5.29. The van der Waals surface area contributed by atoms with Gasteiger partial charge in [-0.05, 0) is 19.4 Å². The smallest absolute Gasteiger partial charge is 0.226 e. The molecule has 0 saturated carbocycles. The van der Waals surface area contributed by atoms with E-state index < -0.39 is 0 Å². The lowest BCUT2D eigenvalue weighted by atomic mass is 10.2. The highest BCUT2D eigenvalue weighted by Gasteiger charge is 2.12. The van der Waals surface area contributed by atoms with Crippen molar-refractivity contribution in [3.8, 4) is 0 Å². The van der Waals surface area contributed by atoms with Gasteiger partial charge in [0, 0.05) is 19.2 Å².